The maximum Gasteiger partial charge on any atom is 0.408 e. The number of aliphatic hydroxyl groups is 1. The number of nitrogens with one attached hydrogen (secondary N) is 2. The van der Waals surface area contributed by atoms with Gasteiger partial charge >= 0.3 is 12.1 Å². The van der Waals surface area contributed by atoms with Crippen LogP contribution in [0.5, 0.6) is 5.75 Å². The van der Waals surface area contributed by atoms with E-state index in [9.17, 15) is 29.4 Å². The zero-order valence-corrected chi connectivity index (χ0v) is 20.0. The van der Waals surface area contributed by atoms with Crippen molar-refractivity contribution in [2.24, 2.45) is 5.92 Å². The highest BCUT2D eigenvalue weighted by atomic mass is 16.6. The van der Waals surface area contributed by atoms with Crippen molar-refractivity contribution in [3.05, 3.63) is 29.8 Å². The van der Waals surface area contributed by atoms with Crippen molar-refractivity contribution in [3.63, 3.8) is 0 Å². The van der Waals surface area contributed by atoms with E-state index >= 15 is 0 Å². The summed E-state index contributed by atoms with van der Waals surface area (Å²) in [4.78, 5) is 51.9. The molecule has 0 radical (unpaired) electrons. The van der Waals surface area contributed by atoms with E-state index in [4.69, 9.17) is 4.74 Å². The van der Waals surface area contributed by atoms with Crippen molar-refractivity contribution in [2.45, 2.75) is 57.8 Å². The van der Waals surface area contributed by atoms with Crippen LogP contribution in [0, 0.1) is 5.92 Å². The molecule has 1 aliphatic rings. The highest BCUT2D eigenvalue weighted by Gasteiger charge is 2.48. The molecule has 0 aliphatic heterocycles. The summed E-state index contributed by atoms with van der Waals surface area (Å²) >= 11 is 0. The number of esters is 1. The Hall–Kier alpha value is -3.34. The summed E-state index contributed by atoms with van der Waals surface area (Å²) in [7, 11) is 1.18. The molecule has 1 aliphatic carbocycles. The van der Waals surface area contributed by atoms with Gasteiger partial charge in [0.2, 0.25) is 11.8 Å². The van der Waals surface area contributed by atoms with Gasteiger partial charge in [0.1, 0.15) is 30.0 Å². The van der Waals surface area contributed by atoms with Crippen molar-refractivity contribution >= 4 is 23.9 Å². The molecule has 4 unspecified atom stereocenters. The van der Waals surface area contributed by atoms with E-state index in [2.05, 4.69) is 15.4 Å². The number of hydrogen-bond acceptors (Lipinski definition) is 8. The van der Waals surface area contributed by atoms with Gasteiger partial charge in [0.05, 0.1) is 13.7 Å². The lowest BCUT2D eigenvalue weighted by Gasteiger charge is -2.34. The molecular formula is C23H33N3O8. The third-order valence-corrected chi connectivity index (χ3v) is 5.20. The lowest BCUT2D eigenvalue weighted by Crippen LogP contribution is -2.55. The monoisotopic (exact) mass is 479 g/mol. The molecule has 0 aromatic heterocycles. The van der Waals surface area contributed by atoms with Gasteiger partial charge < -0.3 is 35.2 Å². The second kappa shape index (κ2) is 11.2. The fourth-order valence-corrected chi connectivity index (χ4v) is 3.45. The van der Waals surface area contributed by atoms with Gasteiger partial charge in [-0.05, 0) is 50.8 Å². The molecule has 3 amide bonds. The molecule has 1 aromatic carbocycles. The molecule has 4 N–H and O–H groups in total. The fraction of sp³-hybridized carbons (Fsp3) is 0.565. The zero-order valence-electron chi connectivity index (χ0n) is 20.0. The van der Waals surface area contributed by atoms with Crippen molar-refractivity contribution in [1.29, 1.82) is 0 Å². The summed E-state index contributed by atoms with van der Waals surface area (Å²) in [5.74, 6) is -2.13. The number of carbonyl (C=O) groups is 4. The lowest BCUT2D eigenvalue weighted by atomic mass is 10.0. The maximum atomic E-state index is 13.6. The first-order chi connectivity index (χ1) is 15.9. The first-order valence-electron chi connectivity index (χ1n) is 10.9. The van der Waals surface area contributed by atoms with E-state index in [0.29, 0.717) is 12.0 Å². The highest BCUT2D eigenvalue weighted by Crippen LogP contribution is 2.41. The average Bonchev–Trinajstić information content (AvgIpc) is 3.47. The molecule has 1 aromatic rings. The van der Waals surface area contributed by atoms with Crippen molar-refractivity contribution in [2.75, 3.05) is 20.3 Å². The van der Waals surface area contributed by atoms with Gasteiger partial charge in [0.25, 0.3) is 0 Å². The van der Waals surface area contributed by atoms with Crippen LogP contribution in [0.3, 0.4) is 0 Å². The molecule has 4 atom stereocenters. The summed E-state index contributed by atoms with van der Waals surface area (Å²) in [6.45, 7) is 5.71. The first-order valence-corrected chi connectivity index (χ1v) is 10.9. The number of phenolic OH excluding ortho intramolecular Hbond substituents is 1. The van der Waals surface area contributed by atoms with Gasteiger partial charge in [-0.1, -0.05) is 19.1 Å². The predicted molar refractivity (Wildman–Crippen MR) is 121 cm³/mol. The Morgan fingerprint density at radius 3 is 2.38 bits per heavy atom. The number of benzene rings is 1. The number of phenols is 1. The van der Waals surface area contributed by atoms with Gasteiger partial charge in [-0.2, -0.15) is 0 Å². The Morgan fingerprint density at radius 2 is 1.88 bits per heavy atom. The second-order valence-electron chi connectivity index (χ2n) is 9.20. The van der Waals surface area contributed by atoms with Crippen LogP contribution in [0.15, 0.2) is 24.3 Å². The Bertz CT molecular complexity index is 914. The molecule has 0 spiro atoms. The van der Waals surface area contributed by atoms with Crippen LogP contribution in [0.1, 0.15) is 45.7 Å². The Kier molecular flexibility index (Phi) is 8.86. The normalized spacial score (nSPS) is 18.8. The maximum absolute atomic E-state index is 13.6. The zero-order chi connectivity index (χ0) is 25.6. The Morgan fingerprint density at radius 1 is 1.24 bits per heavy atom. The van der Waals surface area contributed by atoms with E-state index in [1.54, 1.807) is 26.8 Å². The Labute approximate surface area is 198 Å². The lowest BCUT2D eigenvalue weighted by molar-refractivity contribution is -0.145. The quantitative estimate of drug-likeness (QED) is 0.380. The van der Waals surface area contributed by atoms with E-state index < -0.39 is 54.7 Å². The third-order valence-electron chi connectivity index (χ3n) is 5.20. The molecule has 1 saturated carbocycles. The van der Waals surface area contributed by atoms with E-state index in [0.717, 1.165) is 0 Å². The summed E-state index contributed by atoms with van der Waals surface area (Å²) in [6, 6.07) is 2.85. The van der Waals surface area contributed by atoms with Crippen LogP contribution >= 0.6 is 0 Å². The minimum absolute atomic E-state index is 0.0537. The largest absolute Gasteiger partial charge is 0.508 e. The molecule has 2 rings (SSSR count). The number of nitrogens with zero attached hydrogens (tertiary/aromatic N) is 1. The van der Waals surface area contributed by atoms with Gasteiger partial charge in [0, 0.05) is 6.04 Å². The van der Waals surface area contributed by atoms with Crippen LogP contribution in [0.25, 0.3) is 0 Å². The van der Waals surface area contributed by atoms with Crippen LogP contribution in [-0.2, 0) is 23.9 Å². The predicted octanol–water partition coefficient (Wildman–Crippen LogP) is 0.845. The van der Waals surface area contributed by atoms with Gasteiger partial charge in [-0.25, -0.2) is 4.79 Å². The summed E-state index contributed by atoms with van der Waals surface area (Å²) in [6.07, 6.45) is -0.302. The van der Waals surface area contributed by atoms with Crippen LogP contribution in [-0.4, -0.2) is 76.9 Å². The first kappa shape index (κ1) is 26.9. The van der Waals surface area contributed by atoms with Crippen LogP contribution in [0.2, 0.25) is 0 Å². The Balaban J connectivity index is 2.40. The molecular weight excluding hydrogens is 446 g/mol. The SMILES string of the molecule is COC(=O)CNC(=O)C(c1cccc(O)c1)N(C(=O)C(CO)NC(=O)OC(C)(C)C)C1CC1C. The smallest absolute Gasteiger partial charge is 0.408 e. The van der Waals surface area contributed by atoms with Crippen molar-refractivity contribution < 1.29 is 38.9 Å². The third kappa shape index (κ3) is 7.34. The molecule has 0 heterocycles. The fourth-order valence-electron chi connectivity index (χ4n) is 3.45. The topological polar surface area (TPSA) is 154 Å². The average molecular weight is 480 g/mol. The van der Waals surface area contributed by atoms with Gasteiger partial charge in [-0.3, -0.25) is 14.4 Å². The van der Waals surface area contributed by atoms with Gasteiger partial charge in [-0.15, -0.1) is 0 Å². The van der Waals surface area contributed by atoms with E-state index in [-0.39, 0.29) is 17.7 Å². The highest BCUT2D eigenvalue weighted by molar-refractivity contribution is 5.93. The van der Waals surface area contributed by atoms with Crippen LogP contribution in [0.4, 0.5) is 4.79 Å². The second-order valence-corrected chi connectivity index (χ2v) is 9.20. The van der Waals surface area contributed by atoms with Gasteiger partial charge in [0.15, 0.2) is 0 Å². The number of amides is 3. The number of methoxy groups -OCH3 is 1. The van der Waals surface area contributed by atoms with Crippen LogP contribution < -0.4 is 10.6 Å². The number of hydrogen-bond donors (Lipinski definition) is 4. The molecule has 1 fully saturated rings. The number of rotatable bonds is 9. The number of alkyl carbamates (subject to hydrolysis) is 1. The molecule has 0 saturated heterocycles. The summed E-state index contributed by atoms with van der Waals surface area (Å²) < 4.78 is 9.75. The number of ether oxygens (including phenoxy) is 2. The van der Waals surface area contributed by atoms with E-state index in [1.165, 1.54) is 30.2 Å². The minimum Gasteiger partial charge on any atom is -0.508 e. The van der Waals surface area contributed by atoms with Crippen molar-refractivity contribution in [3.8, 4) is 5.75 Å². The number of carbonyl (C=O) groups excluding carboxylic acids is 4. The minimum atomic E-state index is -1.38. The molecule has 188 valence electrons. The summed E-state index contributed by atoms with van der Waals surface area (Å²) in [5.41, 5.74) is -0.529. The van der Waals surface area contributed by atoms with E-state index in [1.807, 2.05) is 6.92 Å². The molecule has 11 nitrogen and oxygen atoms in total. The molecule has 34 heavy (non-hydrogen) atoms. The van der Waals surface area contributed by atoms with Crippen molar-refractivity contribution in [1.82, 2.24) is 15.5 Å². The summed E-state index contributed by atoms with van der Waals surface area (Å²) in [5, 5.41) is 24.7. The standard InChI is InChI=1S/C23H33N3O8/c1-13-9-17(13)26(21(31)16(12-27)25-22(32)34-23(2,3)4)19(14-7-6-8-15(28)10-14)20(30)24-11-18(29)33-5/h6-8,10,13,16-17,19,27-28H,9,11-12H2,1-5H3,(H,24,30)(H,25,32). The number of aliphatic hydroxyl groups excluding tert-OH is 1. The molecule has 0 bridgehead atoms. The number of aromatic hydroxyl groups is 1. The molecule has 11 heteroatoms.